The van der Waals surface area contributed by atoms with Crippen molar-refractivity contribution in [1.29, 1.82) is 0 Å². The van der Waals surface area contributed by atoms with Gasteiger partial charge in [0.2, 0.25) is 5.91 Å². The number of hydrogen-bond acceptors (Lipinski definition) is 3. The molecule has 0 aliphatic heterocycles. The van der Waals surface area contributed by atoms with Crippen LogP contribution in [0.1, 0.15) is 11.1 Å². The summed E-state index contributed by atoms with van der Waals surface area (Å²) < 4.78 is 5.37. The summed E-state index contributed by atoms with van der Waals surface area (Å²) >= 11 is 18.0. The van der Waals surface area contributed by atoms with Crippen LogP contribution in [0.25, 0.3) is 0 Å². The van der Waals surface area contributed by atoms with Gasteiger partial charge in [-0.05, 0) is 32.2 Å². The summed E-state index contributed by atoms with van der Waals surface area (Å²) in [4.78, 5) is 14.2. The van der Waals surface area contributed by atoms with E-state index < -0.39 is 0 Å². The van der Waals surface area contributed by atoms with E-state index in [0.29, 0.717) is 27.3 Å². The van der Waals surface area contributed by atoms with Crippen LogP contribution in [0.4, 0.5) is 5.69 Å². The Kier molecular flexibility index (Phi) is 6.96. The lowest BCUT2D eigenvalue weighted by Gasteiger charge is -2.19. The monoisotopic (exact) mass is 400 g/mol. The first-order valence-electron chi connectivity index (χ1n) is 7.56. The molecule has 0 unspecified atom stereocenters. The third-order valence-corrected chi connectivity index (χ3v) is 4.38. The topological polar surface area (TPSA) is 41.6 Å². The smallest absolute Gasteiger partial charge is 0.238 e. The molecular formula is C18H19Cl3N2O2. The van der Waals surface area contributed by atoms with Gasteiger partial charge in [-0.15, -0.1) is 0 Å². The minimum absolute atomic E-state index is 0.173. The average Bonchev–Trinajstić information content (AvgIpc) is 2.51. The first kappa shape index (κ1) is 19.9. The number of carbonyl (C=O) groups is 1. The van der Waals surface area contributed by atoms with Crippen LogP contribution in [0.15, 0.2) is 30.3 Å². The minimum atomic E-state index is -0.222. The van der Waals surface area contributed by atoms with Crippen LogP contribution < -0.4 is 10.1 Å². The summed E-state index contributed by atoms with van der Waals surface area (Å²) in [7, 11) is 3.48. The third kappa shape index (κ3) is 5.51. The van der Waals surface area contributed by atoms with Crippen LogP contribution in [-0.2, 0) is 11.3 Å². The zero-order valence-electron chi connectivity index (χ0n) is 14.2. The lowest BCUT2D eigenvalue weighted by Crippen LogP contribution is -2.30. The van der Waals surface area contributed by atoms with Crippen LogP contribution >= 0.6 is 34.8 Å². The summed E-state index contributed by atoms with van der Waals surface area (Å²) in [5.74, 6) is 0.571. The van der Waals surface area contributed by atoms with Gasteiger partial charge in [-0.2, -0.15) is 0 Å². The number of benzene rings is 2. The van der Waals surface area contributed by atoms with E-state index in [0.717, 1.165) is 16.9 Å². The van der Waals surface area contributed by atoms with E-state index >= 15 is 0 Å². The molecule has 2 aromatic rings. The molecule has 7 heteroatoms. The number of carbonyl (C=O) groups excluding carboxylic acids is 1. The largest absolute Gasteiger partial charge is 0.496 e. The third-order valence-electron chi connectivity index (χ3n) is 3.56. The van der Waals surface area contributed by atoms with Gasteiger partial charge in [0.25, 0.3) is 0 Å². The van der Waals surface area contributed by atoms with E-state index in [4.69, 9.17) is 39.5 Å². The van der Waals surface area contributed by atoms with E-state index in [2.05, 4.69) is 5.32 Å². The Bertz CT molecular complexity index is 758. The zero-order chi connectivity index (χ0) is 18.6. The first-order chi connectivity index (χ1) is 11.8. The molecule has 0 radical (unpaired) electrons. The van der Waals surface area contributed by atoms with Crippen molar-refractivity contribution in [2.45, 2.75) is 13.5 Å². The molecule has 0 saturated heterocycles. The quantitative estimate of drug-likeness (QED) is 0.737. The number of halogens is 3. The Balaban J connectivity index is 2.03. The average molecular weight is 402 g/mol. The van der Waals surface area contributed by atoms with Crippen LogP contribution in [-0.4, -0.2) is 31.5 Å². The summed E-state index contributed by atoms with van der Waals surface area (Å²) in [6, 6.07) is 9.02. The Labute approximate surface area is 162 Å². The number of amides is 1. The number of anilines is 1. The molecule has 0 spiro atoms. The molecule has 25 heavy (non-hydrogen) atoms. The van der Waals surface area contributed by atoms with Crippen LogP contribution in [0, 0.1) is 6.92 Å². The number of nitrogens with one attached hydrogen (secondary N) is 1. The van der Waals surface area contributed by atoms with Crippen molar-refractivity contribution >= 4 is 46.4 Å². The fourth-order valence-corrected chi connectivity index (χ4v) is 3.37. The molecule has 4 nitrogen and oxygen atoms in total. The SMILES string of the molecule is COc1ccc(C)cc1CN(C)CC(=O)Nc1c(Cl)cc(Cl)cc1Cl. The molecule has 0 fully saturated rings. The molecule has 2 aromatic carbocycles. The maximum atomic E-state index is 12.3. The number of likely N-dealkylation sites (N-methyl/N-ethyl adjacent to an activating group) is 1. The maximum Gasteiger partial charge on any atom is 0.238 e. The zero-order valence-corrected chi connectivity index (χ0v) is 16.5. The lowest BCUT2D eigenvalue weighted by atomic mass is 10.1. The molecule has 0 aliphatic carbocycles. The van der Waals surface area contributed by atoms with Gasteiger partial charge in [-0.1, -0.05) is 52.5 Å². The molecule has 0 heterocycles. The normalized spacial score (nSPS) is 10.8. The van der Waals surface area contributed by atoms with Gasteiger partial charge in [0.1, 0.15) is 5.75 Å². The van der Waals surface area contributed by atoms with Crippen molar-refractivity contribution in [3.05, 3.63) is 56.5 Å². The highest BCUT2D eigenvalue weighted by molar-refractivity contribution is 6.42. The van der Waals surface area contributed by atoms with Gasteiger partial charge in [-0.3, -0.25) is 9.69 Å². The molecule has 1 N–H and O–H groups in total. The number of nitrogens with zero attached hydrogens (tertiary/aromatic N) is 1. The van der Waals surface area contributed by atoms with Gasteiger partial charge in [-0.25, -0.2) is 0 Å². The van der Waals surface area contributed by atoms with E-state index in [1.54, 1.807) is 7.11 Å². The molecule has 1 amide bonds. The van der Waals surface area contributed by atoms with E-state index in [1.165, 1.54) is 12.1 Å². The second-order valence-electron chi connectivity index (χ2n) is 5.78. The Morgan fingerprint density at radius 1 is 1.16 bits per heavy atom. The lowest BCUT2D eigenvalue weighted by molar-refractivity contribution is -0.117. The summed E-state index contributed by atoms with van der Waals surface area (Å²) in [5, 5.41) is 3.74. The highest BCUT2D eigenvalue weighted by Crippen LogP contribution is 2.33. The number of ether oxygens (including phenoxy) is 1. The Hall–Kier alpha value is -1.46. The van der Waals surface area contributed by atoms with Crippen molar-refractivity contribution in [3.8, 4) is 5.75 Å². The van der Waals surface area contributed by atoms with Crippen molar-refractivity contribution in [3.63, 3.8) is 0 Å². The Morgan fingerprint density at radius 2 is 1.80 bits per heavy atom. The molecule has 0 atom stereocenters. The van der Waals surface area contributed by atoms with Gasteiger partial charge < -0.3 is 10.1 Å². The predicted octanol–water partition coefficient (Wildman–Crippen LogP) is 5.03. The highest BCUT2D eigenvalue weighted by Gasteiger charge is 2.14. The second-order valence-corrected chi connectivity index (χ2v) is 7.03. The highest BCUT2D eigenvalue weighted by atomic mass is 35.5. The fourth-order valence-electron chi connectivity index (χ4n) is 2.46. The summed E-state index contributed by atoms with van der Waals surface area (Å²) in [5.41, 5.74) is 2.51. The molecule has 134 valence electrons. The molecule has 0 aromatic heterocycles. The number of hydrogen-bond donors (Lipinski definition) is 1. The van der Waals surface area contributed by atoms with Crippen molar-refractivity contribution < 1.29 is 9.53 Å². The molecule has 0 bridgehead atoms. The Morgan fingerprint density at radius 3 is 2.40 bits per heavy atom. The van der Waals surface area contributed by atoms with Gasteiger partial charge in [0.05, 0.1) is 29.4 Å². The maximum absolute atomic E-state index is 12.3. The van der Waals surface area contributed by atoms with Crippen molar-refractivity contribution in [2.24, 2.45) is 0 Å². The van der Waals surface area contributed by atoms with Crippen molar-refractivity contribution in [2.75, 3.05) is 26.0 Å². The van der Waals surface area contributed by atoms with Crippen LogP contribution in [0.3, 0.4) is 0 Å². The summed E-state index contributed by atoms with van der Waals surface area (Å²) in [6.45, 7) is 2.76. The standard InChI is InChI=1S/C18H19Cl3N2O2/c1-11-4-5-16(25-3)12(6-11)9-23(2)10-17(24)22-18-14(20)7-13(19)8-15(18)21/h4-8H,9-10H2,1-3H3,(H,22,24). The van der Waals surface area contributed by atoms with Gasteiger partial charge in [0.15, 0.2) is 0 Å². The fraction of sp³-hybridized carbons (Fsp3) is 0.278. The summed E-state index contributed by atoms with van der Waals surface area (Å²) in [6.07, 6.45) is 0. The molecule has 0 aliphatic rings. The minimum Gasteiger partial charge on any atom is -0.496 e. The number of rotatable bonds is 6. The molecule has 0 saturated carbocycles. The molecular weight excluding hydrogens is 383 g/mol. The molecule has 2 rings (SSSR count). The predicted molar refractivity (Wildman–Crippen MR) is 104 cm³/mol. The van der Waals surface area contributed by atoms with Gasteiger partial charge >= 0.3 is 0 Å². The van der Waals surface area contributed by atoms with Gasteiger partial charge in [0, 0.05) is 17.1 Å². The van der Waals surface area contributed by atoms with Crippen LogP contribution in [0.2, 0.25) is 15.1 Å². The van der Waals surface area contributed by atoms with Crippen LogP contribution in [0.5, 0.6) is 5.75 Å². The number of aryl methyl sites for hydroxylation is 1. The van der Waals surface area contributed by atoms with E-state index in [1.807, 2.05) is 37.1 Å². The number of methoxy groups -OCH3 is 1. The second kappa shape index (κ2) is 8.77. The first-order valence-corrected chi connectivity index (χ1v) is 8.70. The van der Waals surface area contributed by atoms with E-state index in [-0.39, 0.29) is 12.5 Å². The van der Waals surface area contributed by atoms with Crippen molar-refractivity contribution in [1.82, 2.24) is 4.90 Å². The van der Waals surface area contributed by atoms with E-state index in [9.17, 15) is 4.79 Å².